The number of benzene rings is 3. The van der Waals surface area contributed by atoms with Gasteiger partial charge in [-0.2, -0.15) is 0 Å². The molecule has 0 aromatic heterocycles. The minimum atomic E-state index is -0.365. The Hall–Kier alpha value is -2.85. The Kier molecular flexibility index (Phi) is 6.09. The van der Waals surface area contributed by atoms with Gasteiger partial charge in [0.25, 0.3) is 0 Å². The standard InChI is InChI=1S/C22H19ClFNO2/c1-27-20-11-7-15(8-12-20)21(25-19-4-2-3-17(23)13-19)14-22(26)16-5-9-18(24)10-6-16/h2-13,21,25H,14H2,1H3. The molecule has 0 heterocycles. The largest absolute Gasteiger partial charge is 0.497 e. The molecule has 0 aliphatic carbocycles. The van der Waals surface area contributed by atoms with Crippen molar-refractivity contribution in [3.63, 3.8) is 0 Å². The third-order valence-corrected chi connectivity index (χ3v) is 4.47. The first kappa shape index (κ1) is 18.9. The number of rotatable bonds is 7. The van der Waals surface area contributed by atoms with Crippen molar-refractivity contribution in [1.82, 2.24) is 0 Å². The molecule has 1 unspecified atom stereocenters. The SMILES string of the molecule is COc1ccc(C(CC(=O)c2ccc(F)cc2)Nc2cccc(Cl)c2)cc1. The number of nitrogens with one attached hydrogen (secondary N) is 1. The first-order valence-electron chi connectivity index (χ1n) is 8.50. The number of halogens is 2. The van der Waals surface area contributed by atoms with Crippen LogP contribution in [0.15, 0.2) is 72.8 Å². The Morgan fingerprint density at radius 2 is 1.78 bits per heavy atom. The molecule has 0 aliphatic rings. The first-order chi connectivity index (χ1) is 13.0. The Bertz CT molecular complexity index is 910. The molecular formula is C22H19ClFNO2. The van der Waals surface area contributed by atoms with E-state index in [1.807, 2.05) is 36.4 Å². The second-order valence-electron chi connectivity index (χ2n) is 6.11. The van der Waals surface area contributed by atoms with Gasteiger partial charge in [0.05, 0.1) is 13.2 Å². The van der Waals surface area contributed by atoms with E-state index in [9.17, 15) is 9.18 Å². The van der Waals surface area contributed by atoms with E-state index in [2.05, 4.69) is 5.32 Å². The number of hydrogen-bond donors (Lipinski definition) is 1. The van der Waals surface area contributed by atoms with Crippen molar-refractivity contribution in [2.45, 2.75) is 12.5 Å². The van der Waals surface area contributed by atoms with E-state index in [-0.39, 0.29) is 24.1 Å². The van der Waals surface area contributed by atoms with Gasteiger partial charge in [-0.15, -0.1) is 0 Å². The summed E-state index contributed by atoms with van der Waals surface area (Å²) in [6.07, 6.45) is 0.213. The highest BCUT2D eigenvalue weighted by molar-refractivity contribution is 6.30. The predicted molar refractivity (Wildman–Crippen MR) is 106 cm³/mol. The van der Waals surface area contributed by atoms with Crippen molar-refractivity contribution in [3.8, 4) is 5.75 Å². The summed E-state index contributed by atoms with van der Waals surface area (Å²) in [6.45, 7) is 0. The monoisotopic (exact) mass is 383 g/mol. The summed E-state index contributed by atoms with van der Waals surface area (Å²) in [4.78, 5) is 12.7. The molecule has 1 N–H and O–H groups in total. The minimum absolute atomic E-state index is 0.0784. The lowest BCUT2D eigenvalue weighted by Gasteiger charge is -2.20. The molecule has 5 heteroatoms. The summed E-state index contributed by atoms with van der Waals surface area (Å²) >= 11 is 6.07. The van der Waals surface area contributed by atoms with E-state index in [1.165, 1.54) is 24.3 Å². The molecule has 0 saturated carbocycles. The Balaban J connectivity index is 1.85. The van der Waals surface area contributed by atoms with Crippen LogP contribution in [0, 0.1) is 5.82 Å². The molecule has 1 atom stereocenters. The van der Waals surface area contributed by atoms with Crippen molar-refractivity contribution in [3.05, 3.63) is 94.8 Å². The van der Waals surface area contributed by atoms with Crippen LogP contribution in [0.1, 0.15) is 28.4 Å². The van der Waals surface area contributed by atoms with Crippen molar-refractivity contribution in [2.24, 2.45) is 0 Å². The van der Waals surface area contributed by atoms with Crippen LogP contribution in [-0.4, -0.2) is 12.9 Å². The zero-order valence-corrected chi connectivity index (χ0v) is 15.5. The number of carbonyl (C=O) groups is 1. The minimum Gasteiger partial charge on any atom is -0.497 e. The molecule has 0 bridgehead atoms. The number of carbonyl (C=O) groups excluding carboxylic acids is 1. The summed E-state index contributed by atoms with van der Waals surface area (Å²) in [7, 11) is 1.61. The van der Waals surface area contributed by atoms with Crippen molar-refractivity contribution in [2.75, 3.05) is 12.4 Å². The van der Waals surface area contributed by atoms with E-state index in [0.29, 0.717) is 10.6 Å². The van der Waals surface area contributed by atoms with Crippen LogP contribution in [-0.2, 0) is 0 Å². The lowest BCUT2D eigenvalue weighted by molar-refractivity contribution is 0.0976. The molecule has 3 aromatic rings. The second kappa shape index (κ2) is 8.69. The van der Waals surface area contributed by atoms with Gasteiger partial charge in [0.1, 0.15) is 11.6 Å². The van der Waals surface area contributed by atoms with Gasteiger partial charge < -0.3 is 10.1 Å². The van der Waals surface area contributed by atoms with Crippen LogP contribution < -0.4 is 10.1 Å². The molecule has 138 valence electrons. The number of ketones is 1. The molecular weight excluding hydrogens is 365 g/mol. The molecule has 0 aliphatic heterocycles. The van der Waals surface area contributed by atoms with Gasteiger partial charge in [0.15, 0.2) is 5.78 Å². The number of Topliss-reactive ketones (excluding diaryl/α,β-unsaturated/α-hetero) is 1. The molecule has 27 heavy (non-hydrogen) atoms. The molecule has 3 aromatic carbocycles. The summed E-state index contributed by atoms with van der Waals surface area (Å²) in [5.41, 5.74) is 2.23. The highest BCUT2D eigenvalue weighted by Crippen LogP contribution is 2.27. The lowest BCUT2D eigenvalue weighted by atomic mass is 9.97. The topological polar surface area (TPSA) is 38.3 Å². The maximum Gasteiger partial charge on any atom is 0.165 e. The van der Waals surface area contributed by atoms with E-state index in [0.717, 1.165) is 17.0 Å². The predicted octanol–water partition coefficient (Wildman–Crippen LogP) is 5.91. The van der Waals surface area contributed by atoms with Gasteiger partial charge >= 0.3 is 0 Å². The summed E-state index contributed by atoms with van der Waals surface area (Å²) < 4.78 is 18.3. The highest BCUT2D eigenvalue weighted by atomic mass is 35.5. The number of ether oxygens (including phenoxy) is 1. The van der Waals surface area contributed by atoms with E-state index in [4.69, 9.17) is 16.3 Å². The average molecular weight is 384 g/mol. The smallest absolute Gasteiger partial charge is 0.165 e. The first-order valence-corrected chi connectivity index (χ1v) is 8.88. The molecule has 3 rings (SSSR count). The Morgan fingerprint density at radius 1 is 1.07 bits per heavy atom. The average Bonchev–Trinajstić information content (AvgIpc) is 2.68. The van der Waals surface area contributed by atoms with E-state index < -0.39 is 0 Å². The molecule has 3 nitrogen and oxygen atoms in total. The van der Waals surface area contributed by atoms with Gasteiger partial charge in [-0.25, -0.2) is 4.39 Å². The van der Waals surface area contributed by atoms with Crippen LogP contribution in [0.4, 0.5) is 10.1 Å². The van der Waals surface area contributed by atoms with Crippen LogP contribution in [0.5, 0.6) is 5.75 Å². The highest BCUT2D eigenvalue weighted by Gasteiger charge is 2.18. The van der Waals surface area contributed by atoms with Gasteiger partial charge in [0, 0.05) is 22.7 Å². The van der Waals surface area contributed by atoms with Crippen LogP contribution >= 0.6 is 11.6 Å². The Morgan fingerprint density at radius 3 is 2.41 bits per heavy atom. The third-order valence-electron chi connectivity index (χ3n) is 4.24. The molecule has 0 radical (unpaired) electrons. The van der Waals surface area contributed by atoms with Crippen LogP contribution in [0.2, 0.25) is 5.02 Å². The van der Waals surface area contributed by atoms with Crippen molar-refractivity contribution in [1.29, 1.82) is 0 Å². The fourth-order valence-electron chi connectivity index (χ4n) is 2.81. The maximum atomic E-state index is 13.1. The number of methoxy groups -OCH3 is 1. The van der Waals surface area contributed by atoms with E-state index in [1.54, 1.807) is 19.2 Å². The summed E-state index contributed by atoms with van der Waals surface area (Å²) in [5, 5.41) is 3.98. The maximum absolute atomic E-state index is 13.1. The Labute approximate surface area is 162 Å². The second-order valence-corrected chi connectivity index (χ2v) is 6.55. The van der Waals surface area contributed by atoms with Gasteiger partial charge in [-0.05, 0) is 60.2 Å². The fraction of sp³-hybridized carbons (Fsp3) is 0.136. The quantitative estimate of drug-likeness (QED) is 0.515. The van der Waals surface area contributed by atoms with Crippen molar-refractivity contribution >= 4 is 23.1 Å². The summed E-state index contributed by atoms with van der Waals surface area (Å²) in [5.74, 6) is 0.297. The third kappa shape index (κ3) is 5.08. The van der Waals surface area contributed by atoms with Gasteiger partial charge in [0.2, 0.25) is 0 Å². The van der Waals surface area contributed by atoms with Gasteiger partial charge in [-0.3, -0.25) is 4.79 Å². The van der Waals surface area contributed by atoms with Crippen molar-refractivity contribution < 1.29 is 13.9 Å². The zero-order valence-electron chi connectivity index (χ0n) is 14.8. The lowest BCUT2D eigenvalue weighted by Crippen LogP contribution is -2.16. The molecule has 0 fully saturated rings. The molecule has 0 amide bonds. The summed E-state index contributed by atoms with van der Waals surface area (Å²) in [6, 6.07) is 20.2. The number of anilines is 1. The number of hydrogen-bond acceptors (Lipinski definition) is 3. The van der Waals surface area contributed by atoms with Crippen LogP contribution in [0.3, 0.4) is 0 Å². The molecule has 0 spiro atoms. The van der Waals surface area contributed by atoms with E-state index >= 15 is 0 Å². The fourth-order valence-corrected chi connectivity index (χ4v) is 3.00. The molecule has 0 saturated heterocycles. The zero-order chi connectivity index (χ0) is 19.2. The van der Waals surface area contributed by atoms with Gasteiger partial charge in [-0.1, -0.05) is 29.8 Å². The van der Waals surface area contributed by atoms with Crippen LogP contribution in [0.25, 0.3) is 0 Å². The normalized spacial score (nSPS) is 11.7.